The minimum absolute atomic E-state index is 0.318. The predicted octanol–water partition coefficient (Wildman–Crippen LogP) is 8.82. The monoisotopic (exact) mass is 442 g/mol. The summed E-state index contributed by atoms with van der Waals surface area (Å²) in [7, 11) is 0. The van der Waals surface area contributed by atoms with Gasteiger partial charge in [-0.15, -0.1) is 0 Å². The van der Waals surface area contributed by atoms with Crippen molar-refractivity contribution >= 4 is 5.97 Å². The molecule has 3 aromatic carbocycles. The first-order valence-electron chi connectivity index (χ1n) is 12.6. The van der Waals surface area contributed by atoms with Crippen molar-refractivity contribution in [1.82, 2.24) is 0 Å². The van der Waals surface area contributed by atoms with Gasteiger partial charge in [0.1, 0.15) is 0 Å². The van der Waals surface area contributed by atoms with Crippen LogP contribution in [0.1, 0.15) is 80.8 Å². The predicted molar refractivity (Wildman–Crippen MR) is 140 cm³/mol. The Hall–Kier alpha value is -2.87. The molecule has 2 nitrogen and oxygen atoms in total. The summed E-state index contributed by atoms with van der Waals surface area (Å²) in [4.78, 5) is 11.3. The highest BCUT2D eigenvalue weighted by molar-refractivity contribution is 5.89. The van der Waals surface area contributed by atoms with E-state index in [1.54, 1.807) is 12.1 Å². The van der Waals surface area contributed by atoms with E-state index in [1.165, 1.54) is 60.8 Å². The van der Waals surface area contributed by atoms with Crippen LogP contribution in [0.15, 0.2) is 66.7 Å². The molecule has 0 radical (unpaired) electrons. The van der Waals surface area contributed by atoms with Crippen molar-refractivity contribution in [2.45, 2.75) is 72.1 Å². The molecule has 33 heavy (non-hydrogen) atoms. The van der Waals surface area contributed by atoms with Crippen molar-refractivity contribution in [3.8, 4) is 22.3 Å². The zero-order valence-corrected chi connectivity index (χ0v) is 20.4. The van der Waals surface area contributed by atoms with E-state index < -0.39 is 5.97 Å². The Morgan fingerprint density at radius 2 is 1.36 bits per heavy atom. The van der Waals surface area contributed by atoms with Gasteiger partial charge < -0.3 is 5.11 Å². The number of unbranched alkanes of at least 4 members (excludes halogenated alkanes) is 4. The number of carbonyl (C=O) groups is 1. The van der Waals surface area contributed by atoms with E-state index in [0.29, 0.717) is 11.5 Å². The van der Waals surface area contributed by atoms with E-state index in [1.807, 2.05) is 12.1 Å². The van der Waals surface area contributed by atoms with Gasteiger partial charge in [-0.3, -0.25) is 0 Å². The molecule has 0 aliphatic heterocycles. The van der Waals surface area contributed by atoms with Gasteiger partial charge in [0, 0.05) is 0 Å². The highest BCUT2D eigenvalue weighted by atomic mass is 16.4. The van der Waals surface area contributed by atoms with Crippen molar-refractivity contribution in [2.24, 2.45) is 5.92 Å². The normalized spacial score (nSPS) is 12.0. The molecule has 3 aromatic rings. The maximum atomic E-state index is 11.3. The molecular formula is C31H38O2. The molecule has 0 aliphatic rings. The summed E-state index contributed by atoms with van der Waals surface area (Å²) in [6.45, 7) is 6.80. The summed E-state index contributed by atoms with van der Waals surface area (Å²) in [6.07, 6.45) is 9.81. The largest absolute Gasteiger partial charge is 0.478 e. The first-order chi connectivity index (χ1) is 16.0. The van der Waals surface area contributed by atoms with E-state index in [-0.39, 0.29) is 0 Å². The van der Waals surface area contributed by atoms with Gasteiger partial charge in [-0.05, 0) is 70.7 Å². The van der Waals surface area contributed by atoms with Gasteiger partial charge in [0.2, 0.25) is 0 Å². The van der Waals surface area contributed by atoms with Crippen molar-refractivity contribution in [3.63, 3.8) is 0 Å². The average molecular weight is 443 g/mol. The zero-order valence-electron chi connectivity index (χ0n) is 20.4. The lowest BCUT2D eigenvalue weighted by molar-refractivity contribution is 0.0697. The van der Waals surface area contributed by atoms with Crippen LogP contribution < -0.4 is 0 Å². The minimum atomic E-state index is -0.892. The SMILES string of the molecule is CCCCCCCc1ccc(-c2ccc(C(=O)O)cc2)c(-c2ccc(C[C@@H](C)CC)cc2)c1. The van der Waals surface area contributed by atoms with Gasteiger partial charge in [-0.2, -0.15) is 0 Å². The molecule has 174 valence electrons. The number of carboxylic acids is 1. The number of rotatable bonds is 12. The van der Waals surface area contributed by atoms with Crippen LogP contribution in [-0.2, 0) is 12.8 Å². The van der Waals surface area contributed by atoms with Gasteiger partial charge >= 0.3 is 5.97 Å². The van der Waals surface area contributed by atoms with Crippen LogP contribution in [0.2, 0.25) is 0 Å². The number of carboxylic acid groups (broad SMARTS) is 1. The van der Waals surface area contributed by atoms with Gasteiger partial charge in [0.05, 0.1) is 5.56 Å². The lowest BCUT2D eigenvalue weighted by atomic mass is 9.90. The average Bonchev–Trinajstić information content (AvgIpc) is 2.84. The van der Waals surface area contributed by atoms with Crippen LogP contribution in [-0.4, -0.2) is 11.1 Å². The molecular weight excluding hydrogens is 404 g/mol. The maximum Gasteiger partial charge on any atom is 0.335 e. The fraction of sp³-hybridized carbons (Fsp3) is 0.387. The van der Waals surface area contributed by atoms with Crippen molar-refractivity contribution in [1.29, 1.82) is 0 Å². The highest BCUT2D eigenvalue weighted by Gasteiger charge is 2.11. The molecule has 0 heterocycles. The topological polar surface area (TPSA) is 37.3 Å². The summed E-state index contributed by atoms with van der Waals surface area (Å²) >= 11 is 0. The Labute approximate surface area is 199 Å². The molecule has 0 amide bonds. The van der Waals surface area contributed by atoms with Crippen LogP contribution >= 0.6 is 0 Å². The smallest absolute Gasteiger partial charge is 0.335 e. The Morgan fingerprint density at radius 3 is 2.00 bits per heavy atom. The summed E-state index contributed by atoms with van der Waals surface area (Å²) in [5.41, 5.74) is 7.71. The molecule has 0 aliphatic carbocycles. The molecule has 0 fully saturated rings. The Bertz CT molecular complexity index is 1020. The second-order valence-electron chi connectivity index (χ2n) is 9.34. The van der Waals surface area contributed by atoms with Crippen LogP contribution in [0, 0.1) is 5.92 Å². The summed E-state index contributed by atoms with van der Waals surface area (Å²) in [5, 5.41) is 9.26. The number of hydrogen-bond acceptors (Lipinski definition) is 1. The third-order valence-corrected chi connectivity index (χ3v) is 6.64. The second kappa shape index (κ2) is 12.4. The fourth-order valence-corrected chi connectivity index (χ4v) is 4.33. The van der Waals surface area contributed by atoms with Gasteiger partial charge in [-0.25, -0.2) is 4.79 Å². The Balaban J connectivity index is 1.91. The van der Waals surface area contributed by atoms with Crippen LogP contribution in [0.5, 0.6) is 0 Å². The number of aryl methyl sites for hydroxylation is 1. The van der Waals surface area contributed by atoms with E-state index >= 15 is 0 Å². The van der Waals surface area contributed by atoms with Crippen LogP contribution in [0.3, 0.4) is 0 Å². The molecule has 0 saturated heterocycles. The van der Waals surface area contributed by atoms with E-state index in [4.69, 9.17) is 0 Å². The number of benzene rings is 3. The molecule has 0 saturated carbocycles. The number of aromatic carboxylic acids is 1. The molecule has 0 unspecified atom stereocenters. The molecule has 3 rings (SSSR count). The minimum Gasteiger partial charge on any atom is -0.478 e. The van der Waals surface area contributed by atoms with Gasteiger partial charge in [-0.1, -0.05) is 107 Å². The van der Waals surface area contributed by atoms with E-state index in [0.717, 1.165) is 24.0 Å². The quantitative estimate of drug-likeness (QED) is 0.284. The lowest BCUT2D eigenvalue weighted by Crippen LogP contribution is -1.98. The molecule has 2 heteroatoms. The van der Waals surface area contributed by atoms with Crippen molar-refractivity contribution in [2.75, 3.05) is 0 Å². The van der Waals surface area contributed by atoms with Gasteiger partial charge in [0.25, 0.3) is 0 Å². The zero-order chi connectivity index (χ0) is 23.6. The first kappa shape index (κ1) is 24.8. The molecule has 0 aromatic heterocycles. The lowest BCUT2D eigenvalue weighted by Gasteiger charge is -2.14. The molecule has 1 N–H and O–H groups in total. The molecule has 1 atom stereocenters. The Morgan fingerprint density at radius 1 is 0.758 bits per heavy atom. The summed E-state index contributed by atoms with van der Waals surface area (Å²) in [6, 6.07) is 23.0. The maximum absolute atomic E-state index is 11.3. The Kier molecular flexibility index (Phi) is 9.30. The summed E-state index contributed by atoms with van der Waals surface area (Å²) in [5.74, 6) is -0.202. The number of hydrogen-bond donors (Lipinski definition) is 1. The van der Waals surface area contributed by atoms with E-state index in [9.17, 15) is 9.90 Å². The first-order valence-corrected chi connectivity index (χ1v) is 12.6. The molecule has 0 bridgehead atoms. The van der Waals surface area contributed by atoms with Crippen molar-refractivity contribution < 1.29 is 9.90 Å². The molecule has 0 spiro atoms. The van der Waals surface area contributed by atoms with Gasteiger partial charge in [0.15, 0.2) is 0 Å². The fourth-order valence-electron chi connectivity index (χ4n) is 4.33. The second-order valence-corrected chi connectivity index (χ2v) is 9.34. The third kappa shape index (κ3) is 7.05. The summed E-state index contributed by atoms with van der Waals surface area (Å²) < 4.78 is 0. The standard InChI is InChI=1S/C31H38O2/c1-4-6-7-8-9-10-24-13-20-29(26-16-18-28(19-17-26)31(32)33)30(22-24)27-14-11-25(12-15-27)21-23(3)5-2/h11-20,22-23H,4-10,21H2,1-3H3,(H,32,33)/t23-/m0/s1. The van der Waals surface area contributed by atoms with Crippen LogP contribution in [0.4, 0.5) is 0 Å². The third-order valence-electron chi connectivity index (χ3n) is 6.64. The highest BCUT2D eigenvalue weighted by Crippen LogP contribution is 2.34. The van der Waals surface area contributed by atoms with E-state index in [2.05, 4.69) is 63.2 Å². The van der Waals surface area contributed by atoms with Crippen molar-refractivity contribution in [3.05, 3.63) is 83.4 Å². The van der Waals surface area contributed by atoms with Crippen LogP contribution in [0.25, 0.3) is 22.3 Å².